The van der Waals surface area contributed by atoms with Gasteiger partial charge in [0.15, 0.2) is 11.6 Å². The summed E-state index contributed by atoms with van der Waals surface area (Å²) in [4.78, 5) is 0. The van der Waals surface area contributed by atoms with Crippen LogP contribution in [0.1, 0.15) is 11.6 Å². The minimum atomic E-state index is -1.17. The van der Waals surface area contributed by atoms with Crippen LogP contribution in [0.3, 0.4) is 0 Å². The summed E-state index contributed by atoms with van der Waals surface area (Å²) in [5.74, 6) is -2.96. The monoisotopic (exact) mass is 253 g/mol. The second-order valence-corrected chi connectivity index (χ2v) is 3.37. The molecule has 1 N–H and O–H groups in total. The standard InChI is InChI=1S/C10H10F3NO.ClH/c11-6-3-7(10(13)8(12)4-6)9-5-15-2-1-14-9;/h3-4,9,14H,1-2,5H2;1H/t9-;/m1./s1. The summed E-state index contributed by atoms with van der Waals surface area (Å²) in [6.07, 6.45) is 0. The number of ether oxygens (including phenoxy) is 1. The third-order valence-corrected chi connectivity index (χ3v) is 2.32. The first-order chi connectivity index (χ1) is 7.18. The third-order valence-electron chi connectivity index (χ3n) is 2.32. The van der Waals surface area contributed by atoms with Crippen molar-refractivity contribution in [2.75, 3.05) is 19.8 Å². The highest BCUT2D eigenvalue weighted by Crippen LogP contribution is 2.22. The number of benzene rings is 1. The van der Waals surface area contributed by atoms with E-state index in [-0.39, 0.29) is 24.6 Å². The SMILES string of the molecule is Cl.Fc1cc(F)c(F)c([C@H]2COCCN2)c1. The van der Waals surface area contributed by atoms with E-state index >= 15 is 0 Å². The van der Waals surface area contributed by atoms with E-state index in [0.717, 1.165) is 6.07 Å². The number of halogens is 4. The maximum Gasteiger partial charge on any atom is 0.163 e. The molecular formula is C10H11ClF3NO. The number of hydrogen-bond acceptors (Lipinski definition) is 2. The molecule has 1 fully saturated rings. The molecule has 0 amide bonds. The van der Waals surface area contributed by atoms with Crippen LogP contribution in [0.4, 0.5) is 13.2 Å². The van der Waals surface area contributed by atoms with Gasteiger partial charge in [0, 0.05) is 18.2 Å². The minimum Gasteiger partial charge on any atom is -0.378 e. The highest BCUT2D eigenvalue weighted by molar-refractivity contribution is 5.85. The van der Waals surface area contributed by atoms with Gasteiger partial charge in [0.05, 0.1) is 19.3 Å². The molecule has 0 aliphatic carbocycles. The fourth-order valence-electron chi connectivity index (χ4n) is 1.59. The lowest BCUT2D eigenvalue weighted by Gasteiger charge is -2.24. The molecule has 1 aliphatic heterocycles. The molecule has 16 heavy (non-hydrogen) atoms. The molecule has 6 heteroatoms. The molecule has 0 unspecified atom stereocenters. The lowest BCUT2D eigenvalue weighted by Crippen LogP contribution is -2.35. The maximum atomic E-state index is 13.3. The van der Waals surface area contributed by atoms with Gasteiger partial charge in [-0.3, -0.25) is 0 Å². The Morgan fingerprint density at radius 1 is 1.25 bits per heavy atom. The van der Waals surface area contributed by atoms with E-state index in [2.05, 4.69) is 5.32 Å². The van der Waals surface area contributed by atoms with Crippen molar-refractivity contribution in [2.24, 2.45) is 0 Å². The lowest BCUT2D eigenvalue weighted by atomic mass is 10.1. The van der Waals surface area contributed by atoms with Crippen LogP contribution in [-0.4, -0.2) is 19.8 Å². The van der Waals surface area contributed by atoms with Gasteiger partial charge in [-0.25, -0.2) is 13.2 Å². The van der Waals surface area contributed by atoms with Gasteiger partial charge < -0.3 is 10.1 Å². The Kier molecular flexibility index (Phi) is 4.58. The molecule has 1 saturated heterocycles. The molecule has 0 spiro atoms. The molecule has 1 aromatic rings. The van der Waals surface area contributed by atoms with Crippen LogP contribution >= 0.6 is 12.4 Å². The molecule has 2 rings (SSSR count). The molecule has 0 saturated carbocycles. The quantitative estimate of drug-likeness (QED) is 0.775. The topological polar surface area (TPSA) is 21.3 Å². The second kappa shape index (κ2) is 5.52. The predicted molar refractivity (Wildman–Crippen MR) is 55.1 cm³/mol. The maximum absolute atomic E-state index is 13.3. The van der Waals surface area contributed by atoms with Crippen molar-refractivity contribution in [1.82, 2.24) is 5.32 Å². The van der Waals surface area contributed by atoms with Gasteiger partial charge in [0.1, 0.15) is 5.82 Å². The van der Waals surface area contributed by atoms with Crippen LogP contribution in [0.5, 0.6) is 0 Å². The summed E-state index contributed by atoms with van der Waals surface area (Å²) < 4.78 is 44.2. The molecule has 2 nitrogen and oxygen atoms in total. The van der Waals surface area contributed by atoms with Crippen molar-refractivity contribution in [3.63, 3.8) is 0 Å². The van der Waals surface area contributed by atoms with E-state index in [0.29, 0.717) is 19.2 Å². The van der Waals surface area contributed by atoms with E-state index < -0.39 is 23.5 Å². The van der Waals surface area contributed by atoms with Crippen LogP contribution in [0.25, 0.3) is 0 Å². The van der Waals surface area contributed by atoms with Crippen LogP contribution in [-0.2, 0) is 4.74 Å². The largest absolute Gasteiger partial charge is 0.378 e. The molecule has 0 aromatic heterocycles. The Balaban J connectivity index is 0.00000128. The summed E-state index contributed by atoms with van der Waals surface area (Å²) in [6, 6.07) is 1.04. The first kappa shape index (κ1) is 13.3. The molecule has 1 aromatic carbocycles. The highest BCUT2D eigenvalue weighted by atomic mass is 35.5. The van der Waals surface area contributed by atoms with Gasteiger partial charge in [-0.2, -0.15) is 0 Å². The highest BCUT2D eigenvalue weighted by Gasteiger charge is 2.21. The van der Waals surface area contributed by atoms with Gasteiger partial charge in [-0.1, -0.05) is 0 Å². The van der Waals surface area contributed by atoms with E-state index in [4.69, 9.17) is 4.74 Å². The minimum absolute atomic E-state index is 0. The summed E-state index contributed by atoms with van der Waals surface area (Å²) in [5.41, 5.74) is -0.0211. The summed E-state index contributed by atoms with van der Waals surface area (Å²) in [5, 5.41) is 2.93. The lowest BCUT2D eigenvalue weighted by molar-refractivity contribution is 0.0754. The number of morpholine rings is 1. The number of hydrogen-bond donors (Lipinski definition) is 1. The van der Waals surface area contributed by atoms with Crippen LogP contribution < -0.4 is 5.32 Å². The van der Waals surface area contributed by atoms with E-state index in [1.165, 1.54) is 0 Å². The number of nitrogens with one attached hydrogen (secondary N) is 1. The van der Waals surface area contributed by atoms with Gasteiger partial charge in [-0.15, -0.1) is 12.4 Å². The van der Waals surface area contributed by atoms with Crippen LogP contribution in [0.15, 0.2) is 12.1 Å². The Hall–Kier alpha value is -0.780. The fraction of sp³-hybridized carbons (Fsp3) is 0.400. The Bertz CT molecular complexity index is 369. The summed E-state index contributed by atoms with van der Waals surface area (Å²) >= 11 is 0. The Morgan fingerprint density at radius 3 is 2.62 bits per heavy atom. The normalized spacial score (nSPS) is 20.3. The average Bonchev–Trinajstić information content (AvgIpc) is 2.24. The fourth-order valence-corrected chi connectivity index (χ4v) is 1.59. The molecule has 1 heterocycles. The number of rotatable bonds is 1. The van der Waals surface area contributed by atoms with Gasteiger partial charge in [0.25, 0.3) is 0 Å². The zero-order valence-electron chi connectivity index (χ0n) is 8.30. The van der Waals surface area contributed by atoms with Crippen molar-refractivity contribution in [2.45, 2.75) is 6.04 Å². The molecule has 0 bridgehead atoms. The van der Waals surface area contributed by atoms with Gasteiger partial charge in [-0.05, 0) is 6.07 Å². The van der Waals surface area contributed by atoms with Crippen molar-refractivity contribution in [3.05, 3.63) is 35.1 Å². The van der Waals surface area contributed by atoms with Crippen molar-refractivity contribution >= 4 is 12.4 Å². The molecule has 1 aliphatic rings. The second-order valence-electron chi connectivity index (χ2n) is 3.37. The van der Waals surface area contributed by atoms with E-state index in [1.807, 2.05) is 0 Å². The summed E-state index contributed by atoms with van der Waals surface area (Å²) in [7, 11) is 0. The van der Waals surface area contributed by atoms with E-state index in [1.54, 1.807) is 0 Å². The van der Waals surface area contributed by atoms with Crippen LogP contribution in [0.2, 0.25) is 0 Å². The molecule has 0 radical (unpaired) electrons. The Labute approximate surface area is 97.2 Å². The zero-order valence-corrected chi connectivity index (χ0v) is 9.12. The third kappa shape index (κ3) is 2.66. The first-order valence-electron chi connectivity index (χ1n) is 4.64. The molecule has 90 valence electrons. The van der Waals surface area contributed by atoms with Crippen molar-refractivity contribution in [3.8, 4) is 0 Å². The first-order valence-corrected chi connectivity index (χ1v) is 4.64. The van der Waals surface area contributed by atoms with Gasteiger partial charge in [0.2, 0.25) is 0 Å². The average molecular weight is 254 g/mol. The molecular weight excluding hydrogens is 243 g/mol. The smallest absolute Gasteiger partial charge is 0.163 e. The zero-order chi connectivity index (χ0) is 10.8. The van der Waals surface area contributed by atoms with Crippen LogP contribution in [0, 0.1) is 17.5 Å². The Morgan fingerprint density at radius 2 is 2.00 bits per heavy atom. The van der Waals surface area contributed by atoms with E-state index in [9.17, 15) is 13.2 Å². The molecule has 1 atom stereocenters. The summed E-state index contributed by atoms with van der Waals surface area (Å²) in [6.45, 7) is 1.29. The van der Waals surface area contributed by atoms with Gasteiger partial charge >= 0.3 is 0 Å². The predicted octanol–water partition coefficient (Wildman–Crippen LogP) is 2.19. The van der Waals surface area contributed by atoms with Crippen molar-refractivity contribution < 1.29 is 17.9 Å². The van der Waals surface area contributed by atoms with Crippen molar-refractivity contribution in [1.29, 1.82) is 0 Å².